The summed E-state index contributed by atoms with van der Waals surface area (Å²) in [7, 11) is 1.31. The van der Waals surface area contributed by atoms with Crippen LogP contribution in [0.1, 0.15) is 0 Å². The monoisotopic (exact) mass is 210 g/mol. The molecule has 1 rings (SSSR count). The predicted molar refractivity (Wildman–Crippen MR) is 51.6 cm³/mol. The minimum absolute atomic E-state index is 0.222. The third-order valence-electron chi connectivity index (χ3n) is 1.29. The van der Waals surface area contributed by atoms with Crippen LogP contribution >= 0.6 is 0 Å². The van der Waals surface area contributed by atoms with Gasteiger partial charge in [-0.05, 0) is 0 Å². The first-order valence-corrected chi connectivity index (χ1v) is 3.85. The summed E-state index contributed by atoms with van der Waals surface area (Å²) in [5.74, 6) is -1.63. The largest absolute Gasteiger partial charge is 0.466 e. The molecule has 5 heteroatoms. The van der Waals surface area contributed by atoms with Gasteiger partial charge >= 0.3 is 17.9 Å². The molecule has 1 aliphatic heterocycles. The number of carbonyl (C=O) groups is 3. The van der Waals surface area contributed by atoms with Crippen molar-refractivity contribution in [1.29, 1.82) is 0 Å². The Kier molecular flexibility index (Phi) is 5.40. The molecule has 0 saturated carbocycles. The van der Waals surface area contributed by atoms with E-state index in [4.69, 9.17) is 0 Å². The van der Waals surface area contributed by atoms with Crippen LogP contribution in [0.15, 0.2) is 37.0 Å². The van der Waals surface area contributed by atoms with E-state index >= 15 is 0 Å². The Labute approximate surface area is 86.7 Å². The van der Waals surface area contributed by atoms with Gasteiger partial charge in [-0.3, -0.25) is 0 Å². The van der Waals surface area contributed by atoms with Gasteiger partial charge in [0, 0.05) is 12.2 Å². The summed E-state index contributed by atoms with van der Waals surface area (Å²) in [4.78, 5) is 30.5. The lowest BCUT2D eigenvalue weighted by Crippen LogP contribution is -1.99. The zero-order chi connectivity index (χ0) is 11.8. The second-order valence-electron chi connectivity index (χ2n) is 2.24. The van der Waals surface area contributed by atoms with E-state index in [-0.39, 0.29) is 5.57 Å². The van der Waals surface area contributed by atoms with Gasteiger partial charge in [-0.15, -0.1) is 0 Å². The van der Waals surface area contributed by atoms with E-state index in [0.29, 0.717) is 0 Å². The number of hydrogen-bond donors (Lipinski definition) is 0. The van der Waals surface area contributed by atoms with E-state index in [2.05, 4.69) is 22.6 Å². The molecule has 0 atom stereocenters. The van der Waals surface area contributed by atoms with Crippen molar-refractivity contribution in [2.24, 2.45) is 0 Å². The highest BCUT2D eigenvalue weighted by molar-refractivity contribution is 6.10. The number of cyclic esters (lactones) is 2. The van der Waals surface area contributed by atoms with Crippen LogP contribution in [-0.2, 0) is 23.9 Å². The summed E-state index contributed by atoms with van der Waals surface area (Å²) in [5, 5.41) is 0. The summed E-state index contributed by atoms with van der Waals surface area (Å²) in [6.45, 7) is 6.46. The molecule has 0 unspecified atom stereocenters. The van der Waals surface area contributed by atoms with Crippen LogP contribution in [0.5, 0.6) is 0 Å². The smallest absolute Gasteiger partial charge is 0.346 e. The molecular formula is C10H10O5. The Morgan fingerprint density at radius 3 is 2.20 bits per heavy atom. The molecule has 0 aromatic heterocycles. The number of ether oxygens (including phenoxy) is 2. The Balaban J connectivity index is 0.000000288. The number of hydrogen-bond acceptors (Lipinski definition) is 5. The average molecular weight is 210 g/mol. The van der Waals surface area contributed by atoms with E-state index in [9.17, 15) is 14.4 Å². The summed E-state index contributed by atoms with van der Waals surface area (Å²) >= 11 is 0. The second kappa shape index (κ2) is 6.31. The molecule has 0 aromatic rings. The van der Waals surface area contributed by atoms with Crippen LogP contribution < -0.4 is 0 Å². The fourth-order valence-corrected chi connectivity index (χ4v) is 0.591. The number of esters is 3. The highest BCUT2D eigenvalue weighted by Gasteiger charge is 2.20. The molecular weight excluding hydrogens is 200 g/mol. The minimum atomic E-state index is -0.616. The fourth-order valence-electron chi connectivity index (χ4n) is 0.591. The molecule has 0 aliphatic carbocycles. The lowest BCUT2D eigenvalue weighted by molar-refractivity contribution is -0.150. The van der Waals surface area contributed by atoms with Crippen LogP contribution in [0.25, 0.3) is 0 Å². The summed E-state index contributed by atoms with van der Waals surface area (Å²) in [6, 6.07) is 0. The third-order valence-corrected chi connectivity index (χ3v) is 1.29. The highest BCUT2D eigenvalue weighted by atomic mass is 16.6. The van der Waals surface area contributed by atoms with Crippen molar-refractivity contribution in [1.82, 2.24) is 0 Å². The average Bonchev–Trinajstić information content (AvgIpc) is 2.56. The number of methoxy groups -OCH3 is 1. The lowest BCUT2D eigenvalue weighted by atomic mass is 10.3. The molecule has 0 spiro atoms. The van der Waals surface area contributed by atoms with Crippen LogP contribution in [0.4, 0.5) is 0 Å². The topological polar surface area (TPSA) is 69.7 Å². The van der Waals surface area contributed by atoms with E-state index in [0.717, 1.165) is 12.2 Å². The molecule has 5 nitrogen and oxygen atoms in total. The molecule has 0 aromatic carbocycles. The SMILES string of the molecule is C=CC(=O)OC.C=CC1=CC(=O)OC1=O. The van der Waals surface area contributed by atoms with Crippen molar-refractivity contribution in [3.05, 3.63) is 37.0 Å². The Morgan fingerprint density at radius 2 is 2.07 bits per heavy atom. The van der Waals surface area contributed by atoms with Gasteiger partial charge in [0.05, 0.1) is 12.7 Å². The molecule has 0 bridgehead atoms. The maximum Gasteiger partial charge on any atom is 0.346 e. The maximum absolute atomic E-state index is 10.4. The van der Waals surface area contributed by atoms with Crippen molar-refractivity contribution < 1.29 is 23.9 Å². The number of rotatable bonds is 2. The molecule has 80 valence electrons. The molecule has 0 fully saturated rings. The first kappa shape index (κ1) is 12.8. The van der Waals surface area contributed by atoms with Gasteiger partial charge in [-0.2, -0.15) is 0 Å². The molecule has 0 saturated heterocycles. The molecule has 15 heavy (non-hydrogen) atoms. The molecule has 1 heterocycles. The minimum Gasteiger partial charge on any atom is -0.466 e. The molecule has 0 amide bonds. The van der Waals surface area contributed by atoms with Crippen molar-refractivity contribution >= 4 is 17.9 Å². The van der Waals surface area contributed by atoms with Gasteiger partial charge in [0.2, 0.25) is 0 Å². The summed E-state index contributed by atoms with van der Waals surface area (Å²) < 4.78 is 8.27. The van der Waals surface area contributed by atoms with Gasteiger partial charge < -0.3 is 9.47 Å². The van der Waals surface area contributed by atoms with Gasteiger partial charge in [0.15, 0.2) is 0 Å². The summed E-state index contributed by atoms with van der Waals surface area (Å²) in [5.41, 5.74) is 0.222. The van der Waals surface area contributed by atoms with Crippen LogP contribution in [0, 0.1) is 0 Å². The third kappa shape index (κ3) is 4.56. The predicted octanol–water partition coefficient (Wildman–Crippen LogP) is 0.528. The lowest BCUT2D eigenvalue weighted by Gasteiger charge is -1.85. The maximum atomic E-state index is 10.4. The van der Waals surface area contributed by atoms with Crippen molar-refractivity contribution in [3.8, 4) is 0 Å². The fraction of sp³-hybridized carbons (Fsp3) is 0.100. The quantitative estimate of drug-likeness (QED) is 0.377. The van der Waals surface area contributed by atoms with E-state index in [1.54, 1.807) is 0 Å². The Hall–Kier alpha value is -2.17. The summed E-state index contributed by atoms with van der Waals surface area (Å²) in [6.07, 6.45) is 3.50. The number of carbonyl (C=O) groups excluding carboxylic acids is 3. The molecule has 1 aliphatic rings. The Morgan fingerprint density at radius 1 is 1.47 bits per heavy atom. The molecule has 0 N–H and O–H groups in total. The van der Waals surface area contributed by atoms with Gasteiger partial charge in [0.1, 0.15) is 0 Å². The zero-order valence-electron chi connectivity index (χ0n) is 8.19. The van der Waals surface area contributed by atoms with Gasteiger partial charge in [0.25, 0.3) is 0 Å². The van der Waals surface area contributed by atoms with Crippen LogP contribution in [0.3, 0.4) is 0 Å². The highest BCUT2D eigenvalue weighted by Crippen LogP contribution is 2.07. The van der Waals surface area contributed by atoms with E-state index in [1.807, 2.05) is 0 Å². The first-order chi connectivity index (χ1) is 7.04. The van der Waals surface area contributed by atoms with Crippen molar-refractivity contribution in [3.63, 3.8) is 0 Å². The van der Waals surface area contributed by atoms with Crippen LogP contribution in [-0.4, -0.2) is 25.0 Å². The zero-order valence-corrected chi connectivity index (χ0v) is 8.19. The standard InChI is InChI=1S/C6H4O3.C4H6O2/c1-2-4-3-5(7)9-6(4)8;1-3-4(5)6-2/h2-3H,1H2;3H,1H2,2H3. The first-order valence-electron chi connectivity index (χ1n) is 3.85. The van der Waals surface area contributed by atoms with Crippen molar-refractivity contribution in [2.45, 2.75) is 0 Å². The van der Waals surface area contributed by atoms with E-state index < -0.39 is 17.9 Å². The Bertz CT molecular complexity index is 338. The van der Waals surface area contributed by atoms with Gasteiger partial charge in [-0.25, -0.2) is 14.4 Å². The normalized spacial score (nSPS) is 13.0. The second-order valence-corrected chi connectivity index (χ2v) is 2.24. The van der Waals surface area contributed by atoms with Gasteiger partial charge in [-0.1, -0.05) is 19.2 Å². The van der Waals surface area contributed by atoms with Crippen LogP contribution in [0.2, 0.25) is 0 Å². The van der Waals surface area contributed by atoms with Crippen molar-refractivity contribution in [2.75, 3.05) is 7.11 Å². The van der Waals surface area contributed by atoms with E-state index in [1.165, 1.54) is 13.2 Å². The molecule has 0 radical (unpaired) electrons.